The van der Waals surface area contributed by atoms with Crippen molar-refractivity contribution in [2.45, 2.75) is 26.2 Å². The smallest absolute Gasteiger partial charge is 0.156 e. The quantitative estimate of drug-likeness (QED) is 0.385. The van der Waals surface area contributed by atoms with Gasteiger partial charge in [0.25, 0.3) is 0 Å². The van der Waals surface area contributed by atoms with E-state index in [-0.39, 0.29) is 5.82 Å². The number of aldehydes is 1. The minimum atomic E-state index is -0.259. The standard InChI is InChI=1S/C21H21FN2O2/c1-2-3-8-26-21-16(13-25)11-19(23)18-10-15(12-24-20(18)21)9-14-4-6-17(22)7-5-14/h4-7,10-13H,2-3,8-9,23H2,1H3. The topological polar surface area (TPSA) is 65.2 Å². The molecule has 2 aromatic carbocycles. The van der Waals surface area contributed by atoms with Crippen molar-refractivity contribution in [3.05, 3.63) is 65.1 Å². The summed E-state index contributed by atoms with van der Waals surface area (Å²) in [6.45, 7) is 2.60. The molecule has 0 aliphatic rings. The van der Waals surface area contributed by atoms with Gasteiger partial charge < -0.3 is 10.5 Å². The van der Waals surface area contributed by atoms with E-state index in [1.54, 1.807) is 24.4 Å². The summed E-state index contributed by atoms with van der Waals surface area (Å²) in [4.78, 5) is 15.9. The van der Waals surface area contributed by atoms with Crippen LogP contribution in [-0.2, 0) is 6.42 Å². The highest BCUT2D eigenvalue weighted by molar-refractivity contribution is 6.01. The molecular formula is C21H21FN2O2. The van der Waals surface area contributed by atoms with Crippen LogP contribution in [0.1, 0.15) is 41.3 Å². The fourth-order valence-corrected chi connectivity index (χ4v) is 2.85. The minimum absolute atomic E-state index is 0.259. The van der Waals surface area contributed by atoms with E-state index in [2.05, 4.69) is 11.9 Å². The Balaban J connectivity index is 1.99. The molecule has 1 aromatic heterocycles. The number of benzene rings is 2. The highest BCUT2D eigenvalue weighted by atomic mass is 19.1. The molecule has 5 heteroatoms. The second kappa shape index (κ2) is 7.95. The zero-order valence-electron chi connectivity index (χ0n) is 14.7. The van der Waals surface area contributed by atoms with Crippen molar-refractivity contribution in [2.24, 2.45) is 0 Å². The number of carbonyl (C=O) groups excluding carboxylic acids is 1. The molecule has 2 N–H and O–H groups in total. The van der Waals surface area contributed by atoms with Crippen LogP contribution in [0.15, 0.2) is 42.6 Å². The van der Waals surface area contributed by atoms with Gasteiger partial charge in [-0.25, -0.2) is 4.39 Å². The third kappa shape index (κ3) is 3.82. The molecule has 26 heavy (non-hydrogen) atoms. The van der Waals surface area contributed by atoms with Gasteiger partial charge in [0, 0.05) is 17.3 Å². The number of anilines is 1. The van der Waals surface area contributed by atoms with Gasteiger partial charge in [0.05, 0.1) is 12.2 Å². The van der Waals surface area contributed by atoms with E-state index in [1.165, 1.54) is 12.1 Å². The number of pyridine rings is 1. The first kappa shape index (κ1) is 17.9. The number of rotatable bonds is 7. The predicted octanol–water partition coefficient (Wildman–Crippen LogP) is 4.54. The summed E-state index contributed by atoms with van der Waals surface area (Å²) in [6, 6.07) is 9.94. The van der Waals surface area contributed by atoms with Crippen LogP contribution in [0.4, 0.5) is 10.1 Å². The summed E-state index contributed by atoms with van der Waals surface area (Å²) in [7, 11) is 0. The summed E-state index contributed by atoms with van der Waals surface area (Å²) in [5.41, 5.74) is 9.55. The second-order valence-electron chi connectivity index (χ2n) is 6.25. The molecule has 3 rings (SSSR count). The van der Waals surface area contributed by atoms with Crippen molar-refractivity contribution in [3.8, 4) is 5.75 Å². The molecule has 0 bridgehead atoms. The first-order valence-corrected chi connectivity index (χ1v) is 8.66. The Morgan fingerprint density at radius 3 is 2.65 bits per heavy atom. The van der Waals surface area contributed by atoms with Crippen molar-refractivity contribution in [1.29, 1.82) is 0 Å². The summed E-state index contributed by atoms with van der Waals surface area (Å²) < 4.78 is 18.9. The Morgan fingerprint density at radius 1 is 1.19 bits per heavy atom. The molecular weight excluding hydrogens is 331 g/mol. The normalized spacial score (nSPS) is 10.8. The van der Waals surface area contributed by atoms with Crippen molar-refractivity contribution in [3.63, 3.8) is 0 Å². The average Bonchev–Trinajstić information content (AvgIpc) is 2.65. The molecule has 0 saturated carbocycles. The lowest BCUT2D eigenvalue weighted by molar-refractivity contribution is 0.111. The molecule has 0 fully saturated rings. The number of nitrogens with two attached hydrogens (primary N) is 1. The van der Waals surface area contributed by atoms with Gasteiger partial charge in [-0.15, -0.1) is 0 Å². The van der Waals surface area contributed by atoms with E-state index in [4.69, 9.17) is 10.5 Å². The Morgan fingerprint density at radius 2 is 1.96 bits per heavy atom. The lowest BCUT2D eigenvalue weighted by Crippen LogP contribution is -2.03. The van der Waals surface area contributed by atoms with E-state index >= 15 is 0 Å². The van der Waals surface area contributed by atoms with Gasteiger partial charge in [-0.2, -0.15) is 0 Å². The van der Waals surface area contributed by atoms with E-state index in [0.717, 1.165) is 35.6 Å². The van der Waals surface area contributed by atoms with Gasteiger partial charge in [0.15, 0.2) is 12.0 Å². The summed E-state index contributed by atoms with van der Waals surface area (Å²) in [6.07, 6.45) is 4.99. The molecule has 0 amide bonds. The third-order valence-electron chi connectivity index (χ3n) is 4.24. The molecule has 0 aliphatic heterocycles. The Bertz CT molecular complexity index is 923. The van der Waals surface area contributed by atoms with Crippen molar-refractivity contribution in [1.82, 2.24) is 4.98 Å². The Kier molecular flexibility index (Phi) is 5.46. The highest BCUT2D eigenvalue weighted by Crippen LogP contribution is 2.33. The second-order valence-corrected chi connectivity index (χ2v) is 6.25. The molecule has 134 valence electrons. The van der Waals surface area contributed by atoms with Crippen LogP contribution in [0.2, 0.25) is 0 Å². The van der Waals surface area contributed by atoms with Gasteiger partial charge >= 0.3 is 0 Å². The number of nitrogens with zero attached hydrogens (tertiary/aromatic N) is 1. The molecule has 0 aliphatic carbocycles. The minimum Gasteiger partial charge on any atom is -0.491 e. The first-order valence-electron chi connectivity index (χ1n) is 8.66. The number of aromatic nitrogens is 1. The van der Waals surface area contributed by atoms with Gasteiger partial charge in [-0.3, -0.25) is 9.78 Å². The lowest BCUT2D eigenvalue weighted by Gasteiger charge is -2.13. The summed E-state index contributed by atoms with van der Waals surface area (Å²) in [5.74, 6) is 0.218. The van der Waals surface area contributed by atoms with E-state index in [9.17, 15) is 9.18 Å². The van der Waals surface area contributed by atoms with E-state index < -0.39 is 0 Å². The number of hydrogen-bond donors (Lipinski definition) is 1. The summed E-state index contributed by atoms with van der Waals surface area (Å²) in [5, 5.41) is 0.752. The number of hydrogen-bond acceptors (Lipinski definition) is 4. The van der Waals surface area contributed by atoms with Gasteiger partial charge in [-0.1, -0.05) is 25.5 Å². The van der Waals surface area contributed by atoms with Crippen LogP contribution in [0, 0.1) is 5.82 Å². The molecule has 3 aromatic rings. The molecule has 0 unspecified atom stereocenters. The molecule has 0 atom stereocenters. The zero-order chi connectivity index (χ0) is 18.5. The summed E-state index contributed by atoms with van der Waals surface area (Å²) >= 11 is 0. The maximum absolute atomic E-state index is 13.1. The number of unbranched alkanes of at least 4 members (excludes halogenated alkanes) is 1. The van der Waals surface area contributed by atoms with Crippen LogP contribution >= 0.6 is 0 Å². The Hall–Kier alpha value is -2.95. The van der Waals surface area contributed by atoms with E-state index in [0.29, 0.717) is 35.5 Å². The average molecular weight is 352 g/mol. The predicted molar refractivity (Wildman–Crippen MR) is 101 cm³/mol. The van der Waals surface area contributed by atoms with Gasteiger partial charge in [0.1, 0.15) is 11.3 Å². The number of fused-ring (bicyclic) bond motifs is 1. The maximum Gasteiger partial charge on any atom is 0.156 e. The fraction of sp³-hybridized carbons (Fsp3) is 0.238. The number of halogens is 1. The number of ether oxygens (including phenoxy) is 1. The largest absolute Gasteiger partial charge is 0.491 e. The van der Waals surface area contributed by atoms with Crippen LogP contribution in [-0.4, -0.2) is 17.9 Å². The van der Waals surface area contributed by atoms with Crippen molar-refractivity contribution < 1.29 is 13.9 Å². The van der Waals surface area contributed by atoms with Crippen LogP contribution in [0.5, 0.6) is 5.75 Å². The number of carbonyl (C=O) groups is 1. The van der Waals surface area contributed by atoms with Gasteiger partial charge in [-0.05, 0) is 48.2 Å². The fourth-order valence-electron chi connectivity index (χ4n) is 2.85. The first-order chi connectivity index (χ1) is 12.6. The third-order valence-corrected chi connectivity index (χ3v) is 4.24. The monoisotopic (exact) mass is 352 g/mol. The van der Waals surface area contributed by atoms with Gasteiger partial charge in [0.2, 0.25) is 0 Å². The SMILES string of the molecule is CCCCOc1c(C=O)cc(N)c2cc(Cc3ccc(F)cc3)cnc12. The van der Waals surface area contributed by atoms with Crippen LogP contribution in [0.3, 0.4) is 0 Å². The maximum atomic E-state index is 13.1. The number of nitrogen functional groups attached to an aromatic ring is 1. The molecule has 1 heterocycles. The van der Waals surface area contributed by atoms with Crippen molar-refractivity contribution in [2.75, 3.05) is 12.3 Å². The van der Waals surface area contributed by atoms with Crippen molar-refractivity contribution >= 4 is 22.9 Å². The molecule has 0 spiro atoms. The lowest BCUT2D eigenvalue weighted by atomic mass is 10.0. The zero-order valence-corrected chi connectivity index (χ0v) is 14.7. The van der Waals surface area contributed by atoms with E-state index in [1.807, 2.05) is 6.07 Å². The molecule has 0 radical (unpaired) electrons. The Labute approximate surface area is 151 Å². The highest BCUT2D eigenvalue weighted by Gasteiger charge is 2.14. The molecule has 0 saturated heterocycles. The van der Waals surface area contributed by atoms with Crippen LogP contribution in [0.25, 0.3) is 10.9 Å². The molecule has 4 nitrogen and oxygen atoms in total. The van der Waals surface area contributed by atoms with Crippen LogP contribution < -0.4 is 10.5 Å².